The van der Waals surface area contributed by atoms with Gasteiger partial charge in [0, 0.05) is 18.0 Å². The highest BCUT2D eigenvalue weighted by molar-refractivity contribution is 7.13. The van der Waals surface area contributed by atoms with Crippen molar-refractivity contribution < 1.29 is 14.3 Å². The second-order valence-corrected chi connectivity index (χ2v) is 6.62. The largest absolute Gasteiger partial charge is 0.497 e. The summed E-state index contributed by atoms with van der Waals surface area (Å²) in [6.45, 7) is 0.905. The number of carbonyl (C=O) groups excluding carboxylic acids is 1. The van der Waals surface area contributed by atoms with E-state index in [1.165, 1.54) is 11.3 Å². The third-order valence-corrected chi connectivity index (χ3v) is 4.69. The van der Waals surface area contributed by atoms with Gasteiger partial charge in [0.15, 0.2) is 0 Å². The topological polar surface area (TPSA) is 73.3 Å². The maximum Gasteiger partial charge on any atom is 0.220 e. The molecular weight excluding hydrogens is 362 g/mol. The summed E-state index contributed by atoms with van der Waals surface area (Å²) in [4.78, 5) is 20.8. The zero-order chi connectivity index (χ0) is 18.9. The van der Waals surface area contributed by atoms with E-state index in [9.17, 15) is 4.79 Å². The first kappa shape index (κ1) is 18.8. The average Bonchev–Trinajstić information content (AvgIpc) is 3.20. The maximum absolute atomic E-state index is 12.0. The van der Waals surface area contributed by atoms with Crippen LogP contribution in [-0.4, -0.2) is 29.6 Å². The number of hydrogen-bond acceptors (Lipinski definition) is 6. The van der Waals surface area contributed by atoms with E-state index in [0.29, 0.717) is 26.0 Å². The van der Waals surface area contributed by atoms with Crippen molar-refractivity contribution in [1.82, 2.24) is 15.3 Å². The minimum absolute atomic E-state index is 0.0132. The number of hydrogen-bond donors (Lipinski definition) is 1. The fourth-order valence-electron chi connectivity index (χ4n) is 2.37. The summed E-state index contributed by atoms with van der Waals surface area (Å²) < 4.78 is 10.7. The molecule has 7 heteroatoms. The fourth-order valence-corrected chi connectivity index (χ4v) is 3.16. The lowest BCUT2D eigenvalue weighted by Crippen LogP contribution is -2.23. The number of pyridine rings is 1. The number of amides is 1. The van der Waals surface area contributed by atoms with Crippen LogP contribution in [-0.2, 0) is 11.3 Å². The van der Waals surface area contributed by atoms with Gasteiger partial charge < -0.3 is 14.8 Å². The number of methoxy groups -OCH3 is 1. The Hall–Kier alpha value is -2.93. The second-order valence-electron chi connectivity index (χ2n) is 5.76. The van der Waals surface area contributed by atoms with E-state index < -0.39 is 0 Å². The van der Waals surface area contributed by atoms with Gasteiger partial charge in [0.05, 0.1) is 31.6 Å². The van der Waals surface area contributed by atoms with Crippen LogP contribution in [0, 0.1) is 0 Å². The van der Waals surface area contributed by atoms with E-state index >= 15 is 0 Å². The van der Waals surface area contributed by atoms with Gasteiger partial charge in [-0.15, -0.1) is 11.3 Å². The summed E-state index contributed by atoms with van der Waals surface area (Å²) in [6.07, 6.45) is 2.80. The predicted molar refractivity (Wildman–Crippen MR) is 105 cm³/mol. The number of carbonyl (C=O) groups is 1. The molecule has 0 spiro atoms. The van der Waals surface area contributed by atoms with Gasteiger partial charge in [-0.3, -0.25) is 9.78 Å². The lowest BCUT2D eigenvalue weighted by Gasteiger charge is -2.07. The summed E-state index contributed by atoms with van der Waals surface area (Å²) in [5, 5.41) is 5.69. The molecule has 1 N–H and O–H groups in total. The van der Waals surface area contributed by atoms with Crippen LogP contribution in [0.5, 0.6) is 11.5 Å². The third kappa shape index (κ3) is 5.79. The molecule has 140 valence electrons. The predicted octanol–water partition coefficient (Wildman–Crippen LogP) is 3.69. The number of thiazole rings is 1. The molecule has 1 amide bonds. The SMILES string of the molecule is COc1ccc(OCCCC(=O)NCc2csc(-c3ccccn3)n2)cc1. The van der Waals surface area contributed by atoms with Gasteiger partial charge in [-0.1, -0.05) is 6.07 Å². The van der Waals surface area contributed by atoms with E-state index in [1.807, 2.05) is 47.8 Å². The van der Waals surface area contributed by atoms with Crippen molar-refractivity contribution >= 4 is 17.2 Å². The number of benzene rings is 1. The van der Waals surface area contributed by atoms with Gasteiger partial charge >= 0.3 is 0 Å². The molecule has 1 aromatic carbocycles. The summed E-state index contributed by atoms with van der Waals surface area (Å²) in [6, 6.07) is 13.1. The van der Waals surface area contributed by atoms with Gasteiger partial charge in [-0.05, 0) is 42.8 Å². The van der Waals surface area contributed by atoms with Crippen LogP contribution in [0.4, 0.5) is 0 Å². The normalized spacial score (nSPS) is 10.4. The monoisotopic (exact) mass is 383 g/mol. The molecule has 3 rings (SSSR count). The molecule has 0 aliphatic heterocycles. The van der Waals surface area contributed by atoms with Crippen LogP contribution >= 0.6 is 11.3 Å². The first-order chi connectivity index (χ1) is 13.2. The van der Waals surface area contributed by atoms with E-state index in [0.717, 1.165) is 27.9 Å². The Bertz CT molecular complexity index is 850. The summed E-state index contributed by atoms with van der Waals surface area (Å²) >= 11 is 1.52. The number of aromatic nitrogens is 2. The van der Waals surface area contributed by atoms with Crippen LogP contribution in [0.1, 0.15) is 18.5 Å². The smallest absolute Gasteiger partial charge is 0.220 e. The van der Waals surface area contributed by atoms with Crippen molar-refractivity contribution in [2.75, 3.05) is 13.7 Å². The zero-order valence-electron chi connectivity index (χ0n) is 15.1. The highest BCUT2D eigenvalue weighted by atomic mass is 32.1. The van der Waals surface area contributed by atoms with Crippen molar-refractivity contribution in [2.45, 2.75) is 19.4 Å². The van der Waals surface area contributed by atoms with E-state index in [1.54, 1.807) is 13.3 Å². The van der Waals surface area contributed by atoms with Crippen LogP contribution in [0.2, 0.25) is 0 Å². The van der Waals surface area contributed by atoms with Crippen LogP contribution in [0.15, 0.2) is 54.0 Å². The van der Waals surface area contributed by atoms with Crippen molar-refractivity contribution in [3.05, 3.63) is 59.7 Å². The Kier molecular flexibility index (Phi) is 6.76. The van der Waals surface area contributed by atoms with Crippen molar-refractivity contribution in [1.29, 1.82) is 0 Å². The second kappa shape index (κ2) is 9.68. The van der Waals surface area contributed by atoms with E-state index in [4.69, 9.17) is 9.47 Å². The Morgan fingerprint density at radius 1 is 1.15 bits per heavy atom. The summed E-state index contributed by atoms with van der Waals surface area (Å²) in [5.41, 5.74) is 1.68. The molecule has 27 heavy (non-hydrogen) atoms. The third-order valence-electron chi connectivity index (χ3n) is 3.78. The van der Waals surface area contributed by atoms with Gasteiger partial charge in [0.2, 0.25) is 5.91 Å². The number of rotatable bonds is 9. The molecule has 0 aliphatic carbocycles. The Labute approximate surface area is 162 Å². The highest BCUT2D eigenvalue weighted by Crippen LogP contribution is 2.21. The molecule has 3 aromatic rings. The minimum atomic E-state index is -0.0132. The lowest BCUT2D eigenvalue weighted by atomic mass is 10.3. The van der Waals surface area contributed by atoms with Crippen molar-refractivity contribution in [3.63, 3.8) is 0 Å². The first-order valence-electron chi connectivity index (χ1n) is 8.64. The Balaban J connectivity index is 1.35. The molecule has 0 saturated heterocycles. The van der Waals surface area contributed by atoms with Crippen molar-refractivity contribution in [2.24, 2.45) is 0 Å². The fraction of sp³-hybridized carbons (Fsp3) is 0.250. The maximum atomic E-state index is 12.0. The summed E-state index contributed by atoms with van der Waals surface area (Å²) in [5.74, 6) is 1.54. The summed E-state index contributed by atoms with van der Waals surface area (Å²) in [7, 11) is 1.62. The Morgan fingerprint density at radius 3 is 2.70 bits per heavy atom. The molecule has 0 fully saturated rings. The van der Waals surface area contributed by atoms with Gasteiger partial charge in [-0.2, -0.15) is 0 Å². The van der Waals surface area contributed by atoms with Gasteiger partial charge in [0.25, 0.3) is 0 Å². The molecule has 0 saturated carbocycles. The molecule has 2 heterocycles. The molecule has 0 atom stereocenters. The van der Waals surface area contributed by atoms with Gasteiger partial charge in [-0.25, -0.2) is 4.98 Å². The number of nitrogens with zero attached hydrogens (tertiary/aromatic N) is 2. The molecule has 0 radical (unpaired) electrons. The molecular formula is C20H21N3O3S. The average molecular weight is 383 g/mol. The standard InChI is InChI=1S/C20H21N3O3S/c1-25-16-7-9-17(10-8-16)26-12-4-6-19(24)22-13-15-14-27-20(23-15)18-5-2-3-11-21-18/h2-3,5,7-11,14H,4,6,12-13H2,1H3,(H,22,24). The van der Waals surface area contributed by atoms with Crippen molar-refractivity contribution in [3.8, 4) is 22.2 Å². The highest BCUT2D eigenvalue weighted by Gasteiger charge is 2.07. The van der Waals surface area contributed by atoms with Crippen LogP contribution < -0.4 is 14.8 Å². The first-order valence-corrected chi connectivity index (χ1v) is 9.52. The quantitative estimate of drug-likeness (QED) is 0.571. The van der Waals surface area contributed by atoms with Crippen LogP contribution in [0.25, 0.3) is 10.7 Å². The molecule has 0 bridgehead atoms. The Morgan fingerprint density at radius 2 is 1.96 bits per heavy atom. The molecule has 2 aromatic heterocycles. The van der Waals surface area contributed by atoms with E-state index in [-0.39, 0.29) is 5.91 Å². The zero-order valence-corrected chi connectivity index (χ0v) is 15.9. The van der Waals surface area contributed by atoms with Crippen LogP contribution in [0.3, 0.4) is 0 Å². The molecule has 6 nitrogen and oxygen atoms in total. The molecule has 0 aliphatic rings. The lowest BCUT2D eigenvalue weighted by molar-refractivity contribution is -0.121. The number of nitrogens with one attached hydrogen (secondary N) is 1. The minimum Gasteiger partial charge on any atom is -0.497 e. The number of ether oxygens (including phenoxy) is 2. The van der Waals surface area contributed by atoms with E-state index in [2.05, 4.69) is 15.3 Å². The van der Waals surface area contributed by atoms with Gasteiger partial charge in [0.1, 0.15) is 16.5 Å². The molecule has 0 unspecified atom stereocenters.